The Kier molecular flexibility index (Phi) is 3.18. The molecule has 0 radical (unpaired) electrons. The Balaban J connectivity index is 2.35. The van der Waals surface area contributed by atoms with Gasteiger partial charge in [-0.3, -0.25) is 0 Å². The van der Waals surface area contributed by atoms with Gasteiger partial charge in [0.05, 0.1) is 0 Å². The molecule has 1 saturated heterocycles. The zero-order valence-corrected chi connectivity index (χ0v) is 8.34. The summed E-state index contributed by atoms with van der Waals surface area (Å²) in [6.45, 7) is 1.33. The van der Waals surface area contributed by atoms with Gasteiger partial charge in [-0.25, -0.2) is 0 Å². The Morgan fingerprint density at radius 2 is 2.17 bits per heavy atom. The van der Waals surface area contributed by atoms with Crippen molar-refractivity contribution in [2.75, 3.05) is 13.1 Å². The van der Waals surface area contributed by atoms with Gasteiger partial charge < -0.3 is 0 Å². The van der Waals surface area contributed by atoms with Gasteiger partial charge in [0.2, 0.25) is 0 Å². The van der Waals surface area contributed by atoms with Crippen LogP contribution in [0.2, 0.25) is 4.71 Å². The van der Waals surface area contributed by atoms with E-state index >= 15 is 0 Å². The molecule has 2 unspecified atom stereocenters. The van der Waals surface area contributed by atoms with E-state index in [1.165, 1.54) is 0 Å². The van der Waals surface area contributed by atoms with Gasteiger partial charge in [0.25, 0.3) is 0 Å². The third-order valence-electron chi connectivity index (χ3n) is 1.65. The van der Waals surface area contributed by atoms with Crippen LogP contribution in [0.15, 0.2) is 0 Å². The van der Waals surface area contributed by atoms with Gasteiger partial charge in [0, 0.05) is 0 Å². The Morgan fingerprint density at radius 3 is 2.58 bits per heavy atom. The fourth-order valence-electron chi connectivity index (χ4n) is 1.05. The average molecular weight is 243 g/mol. The fraction of sp³-hybridized carbons (Fsp3) is 0.833. The third-order valence-corrected chi connectivity index (χ3v) is 4.69. The second-order valence-electron chi connectivity index (χ2n) is 2.66. The van der Waals surface area contributed by atoms with E-state index in [9.17, 15) is 18.0 Å². The van der Waals surface area contributed by atoms with Crippen LogP contribution >= 0.6 is 0 Å². The van der Waals surface area contributed by atoms with Crippen molar-refractivity contribution in [3.05, 3.63) is 0 Å². The molecule has 0 aromatic carbocycles. The normalized spacial score (nSPS) is 25.4. The molecule has 1 fully saturated rings. The van der Waals surface area contributed by atoms with Crippen molar-refractivity contribution in [1.82, 2.24) is 5.32 Å². The van der Waals surface area contributed by atoms with E-state index < -0.39 is 26.5 Å². The number of hydrogen-bond donors (Lipinski definition) is 1. The average Bonchev–Trinajstić information content (AvgIpc) is 2.37. The summed E-state index contributed by atoms with van der Waals surface area (Å²) in [7, 11) is 0. The summed E-state index contributed by atoms with van der Waals surface area (Å²) in [5, 5.41) is 2.94. The zero-order valence-electron chi connectivity index (χ0n) is 6.24. The van der Waals surface area contributed by atoms with Crippen LogP contribution in [0.4, 0.5) is 13.2 Å². The van der Waals surface area contributed by atoms with E-state index in [0.29, 0.717) is 6.54 Å². The number of halogens is 3. The van der Waals surface area contributed by atoms with Gasteiger partial charge in [-0.1, -0.05) is 0 Å². The van der Waals surface area contributed by atoms with Crippen LogP contribution in [0.1, 0.15) is 6.42 Å². The van der Waals surface area contributed by atoms with Crippen LogP contribution in [0.25, 0.3) is 0 Å². The topological polar surface area (TPSA) is 29.1 Å². The Hall–Kier alpha value is -0.0216. The molecule has 0 saturated carbocycles. The van der Waals surface area contributed by atoms with E-state index in [2.05, 4.69) is 5.32 Å². The number of carbonyl (C=O) groups excluding carboxylic acids is 1. The van der Waals surface area contributed by atoms with Crippen LogP contribution in [0, 0.1) is 0 Å². The van der Waals surface area contributed by atoms with Crippen molar-refractivity contribution >= 4 is 20.3 Å². The van der Waals surface area contributed by atoms with Gasteiger partial charge in [-0.05, 0) is 0 Å². The molecule has 0 amide bonds. The maximum absolute atomic E-state index is 11.8. The first-order chi connectivity index (χ1) is 5.50. The second kappa shape index (κ2) is 3.79. The van der Waals surface area contributed by atoms with Crippen molar-refractivity contribution in [2.24, 2.45) is 0 Å². The van der Waals surface area contributed by atoms with Crippen molar-refractivity contribution in [3.8, 4) is 0 Å². The van der Waals surface area contributed by atoms with Crippen LogP contribution in [-0.4, -0.2) is 39.6 Å². The summed E-state index contributed by atoms with van der Waals surface area (Å²) in [5.74, 6) is 0. The molecule has 2 atom stereocenters. The summed E-state index contributed by atoms with van der Waals surface area (Å²) >= 11 is -1.49. The van der Waals surface area contributed by atoms with Crippen molar-refractivity contribution in [2.45, 2.75) is 17.3 Å². The second-order valence-corrected chi connectivity index (χ2v) is 5.93. The number of carbonyl (C=O) groups is 1. The van der Waals surface area contributed by atoms with E-state index in [-0.39, 0.29) is 4.71 Å². The number of hydrogen-bond acceptors (Lipinski definition) is 2. The molecule has 0 aliphatic carbocycles. The van der Waals surface area contributed by atoms with Gasteiger partial charge in [-0.2, -0.15) is 0 Å². The predicted octanol–water partition coefficient (Wildman–Crippen LogP) is 0.294. The van der Waals surface area contributed by atoms with Crippen LogP contribution in [-0.2, 0) is 4.79 Å². The maximum atomic E-state index is 11.8. The molecule has 1 rings (SSSR count). The monoisotopic (exact) mass is 243 g/mol. The number of rotatable bonds is 2. The molecule has 6 heteroatoms. The predicted molar refractivity (Wildman–Crippen MR) is 39.4 cm³/mol. The minimum absolute atomic E-state index is 0.000810. The number of alkyl halides is 3. The van der Waals surface area contributed by atoms with Gasteiger partial charge in [0.1, 0.15) is 0 Å². The van der Waals surface area contributed by atoms with Crippen molar-refractivity contribution in [1.29, 1.82) is 0 Å². The molecule has 0 spiro atoms. The molecular formula is C6H9AsF3NO. The van der Waals surface area contributed by atoms with Crippen molar-refractivity contribution < 1.29 is 18.0 Å². The van der Waals surface area contributed by atoms with Gasteiger partial charge >= 0.3 is 74.0 Å². The zero-order chi connectivity index (χ0) is 9.19. The Bertz CT molecular complexity index is 176. The third kappa shape index (κ3) is 2.79. The van der Waals surface area contributed by atoms with Crippen LogP contribution in [0.5, 0.6) is 0 Å². The molecule has 12 heavy (non-hydrogen) atoms. The molecule has 1 heterocycles. The molecule has 1 N–H and O–H groups in total. The van der Waals surface area contributed by atoms with E-state index in [4.69, 9.17) is 0 Å². The quantitative estimate of drug-likeness (QED) is 0.706. The molecule has 2 nitrogen and oxygen atoms in total. The Morgan fingerprint density at radius 1 is 1.50 bits per heavy atom. The van der Waals surface area contributed by atoms with E-state index in [0.717, 1.165) is 13.0 Å². The molecule has 1 aliphatic heterocycles. The minimum atomic E-state index is -4.59. The molecular weight excluding hydrogens is 234 g/mol. The first-order valence-corrected chi connectivity index (χ1v) is 5.84. The van der Waals surface area contributed by atoms with Gasteiger partial charge in [-0.15, -0.1) is 0 Å². The fourth-order valence-corrected chi connectivity index (χ4v) is 3.29. The summed E-state index contributed by atoms with van der Waals surface area (Å²) in [6, 6.07) is 0. The first kappa shape index (κ1) is 10.1. The molecule has 1 aliphatic rings. The Labute approximate surface area is 74.6 Å². The van der Waals surface area contributed by atoms with E-state index in [1.54, 1.807) is 0 Å². The van der Waals surface area contributed by atoms with E-state index in [1.807, 2.05) is 0 Å². The summed E-state index contributed by atoms with van der Waals surface area (Å²) in [4.78, 5) is 10.5. The number of nitrogens with one attached hydrogen (secondary N) is 1. The summed E-state index contributed by atoms with van der Waals surface area (Å²) in [6.07, 6.45) is -3.87. The van der Waals surface area contributed by atoms with Crippen LogP contribution < -0.4 is 5.32 Å². The molecule has 0 aromatic heterocycles. The van der Waals surface area contributed by atoms with Crippen molar-refractivity contribution in [3.63, 3.8) is 0 Å². The molecule has 0 aromatic rings. The molecule has 0 bridgehead atoms. The summed E-state index contributed by atoms with van der Waals surface area (Å²) in [5.41, 5.74) is 0. The standard InChI is InChI=1S/C6H9AsF3NO/c8-6(9,10)5(12)7-4-1-2-11-3-4/h4,7,11H,1-3H2. The van der Waals surface area contributed by atoms with Gasteiger partial charge in [0.15, 0.2) is 0 Å². The van der Waals surface area contributed by atoms with Crippen LogP contribution in [0.3, 0.4) is 0 Å². The summed E-state index contributed by atoms with van der Waals surface area (Å²) < 4.78 is 33.8. The first-order valence-electron chi connectivity index (χ1n) is 3.58. The SMILES string of the molecule is O=C([AsH]C1CCNC1)C(F)(F)F. The molecule has 70 valence electrons.